The molecule has 23 heavy (non-hydrogen) atoms. The molecule has 7 nitrogen and oxygen atoms in total. The van der Waals surface area contributed by atoms with Crippen molar-refractivity contribution in [3.05, 3.63) is 29.8 Å². The normalized spacial score (nSPS) is 18.3. The van der Waals surface area contributed by atoms with Crippen molar-refractivity contribution < 1.29 is 13.2 Å². The Morgan fingerprint density at radius 1 is 1.35 bits per heavy atom. The van der Waals surface area contributed by atoms with Crippen LogP contribution in [0, 0.1) is 11.3 Å². The number of piperidine rings is 1. The van der Waals surface area contributed by atoms with E-state index in [0.29, 0.717) is 18.5 Å². The van der Waals surface area contributed by atoms with Crippen molar-refractivity contribution in [3.63, 3.8) is 0 Å². The van der Waals surface area contributed by atoms with Crippen LogP contribution in [0.2, 0.25) is 0 Å². The highest BCUT2D eigenvalue weighted by Crippen LogP contribution is 2.18. The van der Waals surface area contributed by atoms with Gasteiger partial charge in [-0.15, -0.1) is 0 Å². The molecule has 1 unspecified atom stereocenters. The number of carbonyl (C=O) groups is 1. The van der Waals surface area contributed by atoms with Crippen LogP contribution in [0.15, 0.2) is 24.3 Å². The Morgan fingerprint density at radius 2 is 2.04 bits per heavy atom. The minimum absolute atomic E-state index is 0.0764. The molecular formula is C15H20N4O3S. The summed E-state index contributed by atoms with van der Waals surface area (Å²) in [6.45, 7) is 0.626. The van der Waals surface area contributed by atoms with Gasteiger partial charge in [0.25, 0.3) is 0 Å². The summed E-state index contributed by atoms with van der Waals surface area (Å²) in [6.07, 6.45) is 2.41. The zero-order valence-corrected chi connectivity index (χ0v) is 13.6. The molecule has 1 aliphatic rings. The maximum atomic E-state index is 12.4. The van der Waals surface area contributed by atoms with Crippen molar-refractivity contribution in [2.24, 2.45) is 5.14 Å². The van der Waals surface area contributed by atoms with Gasteiger partial charge in [0.2, 0.25) is 15.9 Å². The second kappa shape index (κ2) is 7.44. The molecule has 0 bridgehead atoms. The van der Waals surface area contributed by atoms with Crippen LogP contribution in [0.25, 0.3) is 0 Å². The van der Waals surface area contributed by atoms with Gasteiger partial charge in [-0.2, -0.15) is 5.26 Å². The number of amides is 1. The summed E-state index contributed by atoms with van der Waals surface area (Å²) < 4.78 is 22.6. The molecule has 0 saturated carbocycles. The van der Waals surface area contributed by atoms with Gasteiger partial charge in [0.05, 0.1) is 23.9 Å². The van der Waals surface area contributed by atoms with E-state index < -0.39 is 10.0 Å². The van der Waals surface area contributed by atoms with E-state index in [1.807, 2.05) is 6.07 Å². The Labute approximate surface area is 136 Å². The van der Waals surface area contributed by atoms with Gasteiger partial charge in [-0.25, -0.2) is 13.6 Å². The van der Waals surface area contributed by atoms with E-state index in [1.54, 1.807) is 29.2 Å². The van der Waals surface area contributed by atoms with E-state index in [2.05, 4.69) is 5.32 Å². The zero-order chi connectivity index (χ0) is 16.9. The number of hydrogen-bond donors (Lipinski definition) is 2. The molecule has 1 aromatic carbocycles. The van der Waals surface area contributed by atoms with Crippen LogP contribution in [0.1, 0.15) is 24.8 Å². The number of likely N-dealkylation sites (tertiary alicyclic amines) is 1. The molecule has 3 N–H and O–H groups in total. The van der Waals surface area contributed by atoms with E-state index in [9.17, 15) is 13.2 Å². The Balaban J connectivity index is 1.95. The van der Waals surface area contributed by atoms with Gasteiger partial charge in [0.15, 0.2) is 0 Å². The molecule has 0 radical (unpaired) electrons. The number of benzene rings is 1. The van der Waals surface area contributed by atoms with Gasteiger partial charge >= 0.3 is 0 Å². The van der Waals surface area contributed by atoms with Crippen molar-refractivity contribution in [2.45, 2.75) is 25.3 Å². The number of rotatable bonds is 5. The summed E-state index contributed by atoms with van der Waals surface area (Å²) in [5.74, 6) is -0.349. The van der Waals surface area contributed by atoms with Crippen molar-refractivity contribution >= 4 is 21.6 Å². The number of nitrogens with two attached hydrogens (primary N) is 1. The molecule has 124 valence electrons. The Hall–Kier alpha value is -2.11. The van der Waals surface area contributed by atoms with Crippen LogP contribution < -0.4 is 10.5 Å². The first-order valence-corrected chi connectivity index (χ1v) is 9.14. The first-order valence-electron chi connectivity index (χ1n) is 7.43. The molecule has 1 amide bonds. The maximum absolute atomic E-state index is 12.4. The van der Waals surface area contributed by atoms with Crippen LogP contribution >= 0.6 is 0 Å². The van der Waals surface area contributed by atoms with E-state index in [0.717, 1.165) is 18.5 Å². The molecule has 1 aromatic rings. The fourth-order valence-electron chi connectivity index (χ4n) is 2.71. The maximum Gasteiger partial charge on any atom is 0.242 e. The van der Waals surface area contributed by atoms with Gasteiger partial charge < -0.3 is 10.2 Å². The number of sulfonamides is 1. The fourth-order valence-corrected chi connectivity index (χ4v) is 3.60. The van der Waals surface area contributed by atoms with Crippen LogP contribution in [-0.4, -0.2) is 44.1 Å². The minimum Gasteiger partial charge on any atom is -0.376 e. The Bertz CT molecular complexity index is 694. The smallest absolute Gasteiger partial charge is 0.242 e. The van der Waals surface area contributed by atoms with Crippen molar-refractivity contribution in [1.29, 1.82) is 5.26 Å². The SMILES string of the molecule is N#Cc1ccc(NCC(=O)N2CCCCC2CS(N)(=O)=O)cc1. The number of carbonyl (C=O) groups excluding carboxylic acids is 1. The molecule has 1 aliphatic heterocycles. The molecule has 2 rings (SSSR count). The largest absolute Gasteiger partial charge is 0.376 e. The van der Waals surface area contributed by atoms with E-state index in [1.165, 1.54) is 0 Å². The van der Waals surface area contributed by atoms with Crippen molar-refractivity contribution in [2.75, 3.05) is 24.2 Å². The minimum atomic E-state index is -3.61. The summed E-state index contributed by atoms with van der Waals surface area (Å²) in [7, 11) is -3.61. The van der Waals surface area contributed by atoms with E-state index in [-0.39, 0.29) is 24.2 Å². The first-order chi connectivity index (χ1) is 10.9. The lowest BCUT2D eigenvalue weighted by molar-refractivity contribution is -0.132. The van der Waals surface area contributed by atoms with Crippen LogP contribution in [0.4, 0.5) is 5.69 Å². The third-order valence-electron chi connectivity index (χ3n) is 3.83. The average Bonchev–Trinajstić information content (AvgIpc) is 2.52. The number of nitrogens with zero attached hydrogens (tertiary/aromatic N) is 2. The van der Waals surface area contributed by atoms with Gasteiger partial charge in [-0.05, 0) is 43.5 Å². The Morgan fingerprint density at radius 3 is 2.65 bits per heavy atom. The Kier molecular flexibility index (Phi) is 5.58. The summed E-state index contributed by atoms with van der Waals surface area (Å²) in [6, 6.07) is 8.45. The summed E-state index contributed by atoms with van der Waals surface area (Å²) in [5, 5.41) is 16.9. The molecule has 0 spiro atoms. The topological polar surface area (TPSA) is 116 Å². The van der Waals surface area contributed by atoms with Gasteiger partial charge in [0.1, 0.15) is 0 Å². The van der Waals surface area contributed by atoms with Crippen molar-refractivity contribution in [3.8, 4) is 6.07 Å². The average molecular weight is 336 g/mol. The van der Waals surface area contributed by atoms with Gasteiger partial charge in [0, 0.05) is 18.3 Å². The number of hydrogen-bond acceptors (Lipinski definition) is 5. The quantitative estimate of drug-likeness (QED) is 0.818. The molecule has 1 heterocycles. The molecule has 8 heteroatoms. The fraction of sp³-hybridized carbons (Fsp3) is 0.467. The molecule has 1 saturated heterocycles. The van der Waals surface area contributed by atoms with Gasteiger partial charge in [-0.1, -0.05) is 0 Å². The molecule has 0 aliphatic carbocycles. The van der Waals surface area contributed by atoms with Gasteiger partial charge in [-0.3, -0.25) is 4.79 Å². The first kappa shape index (κ1) is 17.2. The lowest BCUT2D eigenvalue weighted by Gasteiger charge is -2.35. The van der Waals surface area contributed by atoms with Crippen LogP contribution in [0.5, 0.6) is 0 Å². The third-order valence-corrected chi connectivity index (χ3v) is 4.68. The van der Waals surface area contributed by atoms with Crippen molar-refractivity contribution in [1.82, 2.24) is 4.90 Å². The standard InChI is InChI=1S/C15H20N4O3S/c16-9-12-4-6-13(7-5-12)18-10-15(20)19-8-2-1-3-14(19)11-23(17,21)22/h4-7,14,18H,1-3,8,10-11H2,(H2,17,21,22). The number of anilines is 1. The van der Waals surface area contributed by atoms with Crippen LogP contribution in [0.3, 0.4) is 0 Å². The predicted molar refractivity (Wildman–Crippen MR) is 87.0 cm³/mol. The lowest BCUT2D eigenvalue weighted by Crippen LogP contribution is -2.49. The second-order valence-electron chi connectivity index (χ2n) is 5.61. The molecule has 1 fully saturated rings. The highest BCUT2D eigenvalue weighted by molar-refractivity contribution is 7.89. The molecular weight excluding hydrogens is 316 g/mol. The highest BCUT2D eigenvalue weighted by atomic mass is 32.2. The highest BCUT2D eigenvalue weighted by Gasteiger charge is 2.29. The number of nitrogens with one attached hydrogen (secondary N) is 1. The third kappa shape index (κ3) is 5.23. The summed E-state index contributed by atoms with van der Waals surface area (Å²) in [4.78, 5) is 14.0. The summed E-state index contributed by atoms with van der Waals surface area (Å²) in [5.41, 5.74) is 1.28. The summed E-state index contributed by atoms with van der Waals surface area (Å²) >= 11 is 0. The lowest BCUT2D eigenvalue weighted by atomic mass is 10.0. The van der Waals surface area contributed by atoms with E-state index >= 15 is 0 Å². The number of primary sulfonamides is 1. The second-order valence-corrected chi connectivity index (χ2v) is 7.27. The van der Waals surface area contributed by atoms with E-state index in [4.69, 9.17) is 10.4 Å². The molecule has 0 aromatic heterocycles. The van der Waals surface area contributed by atoms with Crippen LogP contribution in [-0.2, 0) is 14.8 Å². The predicted octanol–water partition coefficient (Wildman–Crippen LogP) is 0.640. The number of nitriles is 1. The zero-order valence-electron chi connectivity index (χ0n) is 12.7. The molecule has 1 atom stereocenters. The monoisotopic (exact) mass is 336 g/mol.